The first-order valence-corrected chi connectivity index (χ1v) is 11.6. The van der Waals surface area contributed by atoms with Crippen LogP contribution in [0.5, 0.6) is 11.8 Å². The monoisotopic (exact) mass is 473 g/mol. The molecule has 1 aliphatic rings. The van der Waals surface area contributed by atoms with Gasteiger partial charge < -0.3 is 24.5 Å². The van der Waals surface area contributed by atoms with E-state index in [-0.39, 0.29) is 6.01 Å². The number of hydrogen-bond donors (Lipinski definition) is 2. The second kappa shape index (κ2) is 10.5. The van der Waals surface area contributed by atoms with Crippen molar-refractivity contribution < 1.29 is 19.0 Å². The van der Waals surface area contributed by atoms with Crippen molar-refractivity contribution in [3.8, 4) is 11.8 Å². The Labute approximate surface area is 202 Å². The third kappa shape index (κ3) is 5.59. The van der Waals surface area contributed by atoms with E-state index in [1.807, 2.05) is 48.7 Å². The molecule has 4 aromatic rings. The van der Waals surface area contributed by atoms with Crippen LogP contribution in [-0.2, 0) is 9.53 Å². The lowest BCUT2D eigenvalue weighted by molar-refractivity contribution is -0.129. The van der Waals surface area contributed by atoms with Crippen molar-refractivity contribution in [1.29, 1.82) is 0 Å². The van der Waals surface area contributed by atoms with Gasteiger partial charge in [-0.2, -0.15) is 9.97 Å². The number of carbonyl (C=O) groups excluding carboxylic acids is 1. The minimum Gasteiger partial charge on any atom is -0.493 e. The summed E-state index contributed by atoms with van der Waals surface area (Å²) in [5.74, 6) is 0.592. The van der Waals surface area contributed by atoms with E-state index in [9.17, 15) is 4.79 Å². The van der Waals surface area contributed by atoms with Crippen LogP contribution in [0.3, 0.4) is 0 Å². The molecule has 5 rings (SSSR count). The van der Waals surface area contributed by atoms with Crippen LogP contribution < -0.4 is 14.8 Å². The van der Waals surface area contributed by atoms with Crippen LogP contribution in [0, 0.1) is 0 Å². The van der Waals surface area contributed by atoms with E-state index in [1.54, 1.807) is 0 Å². The summed E-state index contributed by atoms with van der Waals surface area (Å²) >= 11 is 0. The van der Waals surface area contributed by atoms with E-state index in [0.717, 1.165) is 67.3 Å². The highest BCUT2D eigenvalue weighted by molar-refractivity contribution is 5.93. The summed E-state index contributed by atoms with van der Waals surface area (Å²) in [6.45, 7) is 8.52. The van der Waals surface area contributed by atoms with Crippen LogP contribution in [0.25, 0.3) is 21.8 Å². The summed E-state index contributed by atoms with van der Waals surface area (Å²) in [7, 11) is 0. The van der Waals surface area contributed by atoms with Crippen molar-refractivity contribution in [2.45, 2.75) is 6.42 Å². The number of benzene rings is 2. The number of morpholine rings is 1. The predicted molar refractivity (Wildman–Crippen MR) is 134 cm³/mol. The summed E-state index contributed by atoms with van der Waals surface area (Å²) in [5.41, 5.74) is 2.49. The molecule has 1 fully saturated rings. The highest BCUT2D eigenvalue weighted by Gasteiger charge is 2.13. The molecule has 180 valence electrons. The number of hydrogen-bond acceptors (Lipinski definition) is 8. The van der Waals surface area contributed by atoms with Crippen molar-refractivity contribution in [3.05, 3.63) is 61.3 Å². The fourth-order valence-electron chi connectivity index (χ4n) is 4.02. The Morgan fingerprint density at radius 2 is 2.06 bits per heavy atom. The molecule has 0 saturated carbocycles. The molecule has 0 aliphatic carbocycles. The minimum absolute atomic E-state index is 0.0583. The summed E-state index contributed by atoms with van der Waals surface area (Å²) in [6.07, 6.45) is 3.89. The zero-order chi connectivity index (χ0) is 24.0. The fourth-order valence-corrected chi connectivity index (χ4v) is 4.02. The van der Waals surface area contributed by atoms with Crippen LogP contribution in [0.2, 0.25) is 0 Å². The number of carbonyl (C=O) groups is 1. The van der Waals surface area contributed by atoms with Crippen LogP contribution in [0.4, 0.5) is 11.5 Å². The van der Waals surface area contributed by atoms with Gasteiger partial charge in [0.05, 0.1) is 25.3 Å². The van der Waals surface area contributed by atoms with Crippen LogP contribution in [0.15, 0.2) is 61.3 Å². The Bertz CT molecular complexity index is 1350. The fraction of sp³-hybridized carbons (Fsp3) is 0.269. The summed E-state index contributed by atoms with van der Waals surface area (Å²) in [4.78, 5) is 26.2. The first-order chi connectivity index (χ1) is 17.2. The SMILES string of the molecule is C=CC(=O)Oc1nc(Nc2ccc3[nH]ccc3c2)c2ccc(OCCCN3CCOCC3)cc2n1. The number of nitrogens with one attached hydrogen (secondary N) is 2. The molecule has 2 N–H and O–H groups in total. The molecule has 3 heterocycles. The van der Waals surface area contributed by atoms with Gasteiger partial charge in [0.25, 0.3) is 0 Å². The molecule has 1 aliphatic heterocycles. The maximum absolute atomic E-state index is 11.8. The smallest absolute Gasteiger partial charge is 0.337 e. The Hall–Kier alpha value is -3.95. The van der Waals surface area contributed by atoms with Gasteiger partial charge in [-0.25, -0.2) is 4.79 Å². The molecule has 1 saturated heterocycles. The van der Waals surface area contributed by atoms with Crippen LogP contribution in [0.1, 0.15) is 6.42 Å². The molecular weight excluding hydrogens is 446 g/mol. The lowest BCUT2D eigenvalue weighted by Gasteiger charge is -2.26. The first-order valence-electron chi connectivity index (χ1n) is 11.6. The number of fused-ring (bicyclic) bond motifs is 2. The molecule has 0 radical (unpaired) electrons. The molecule has 2 aromatic carbocycles. The Kier molecular flexibility index (Phi) is 6.87. The number of ether oxygens (including phenoxy) is 3. The molecule has 0 unspecified atom stereocenters. The molecule has 2 aromatic heterocycles. The van der Waals surface area contributed by atoms with E-state index in [4.69, 9.17) is 14.2 Å². The standard InChI is InChI=1S/C26H27N5O4/c1-2-24(32)35-26-29-23-17-20(34-13-3-10-31-11-14-33-15-12-31)5-6-21(23)25(30-26)28-19-4-7-22-18(16-19)8-9-27-22/h2,4-9,16-17,27H,1,3,10-15H2,(H,28,29,30). The molecule has 0 atom stereocenters. The number of H-pyrrole nitrogens is 1. The normalized spacial score (nSPS) is 14.2. The third-order valence-corrected chi connectivity index (χ3v) is 5.81. The topological polar surface area (TPSA) is 102 Å². The molecule has 0 bridgehead atoms. The molecule has 35 heavy (non-hydrogen) atoms. The predicted octanol–water partition coefficient (Wildman–Crippen LogP) is 4.05. The first kappa shape index (κ1) is 22.8. The van der Waals surface area contributed by atoms with Gasteiger partial charge in [-0.3, -0.25) is 4.90 Å². The number of nitrogens with zero attached hydrogens (tertiary/aromatic N) is 3. The second-order valence-electron chi connectivity index (χ2n) is 8.22. The van der Waals surface area contributed by atoms with Crippen molar-refractivity contribution in [1.82, 2.24) is 19.9 Å². The highest BCUT2D eigenvalue weighted by atomic mass is 16.5. The van der Waals surface area contributed by atoms with Gasteiger partial charge in [-0.05, 0) is 42.8 Å². The summed E-state index contributed by atoms with van der Waals surface area (Å²) in [6, 6.07) is 13.5. The zero-order valence-corrected chi connectivity index (χ0v) is 19.3. The van der Waals surface area contributed by atoms with E-state index >= 15 is 0 Å². The largest absolute Gasteiger partial charge is 0.493 e. The summed E-state index contributed by atoms with van der Waals surface area (Å²) in [5, 5.41) is 5.18. The van der Waals surface area contributed by atoms with Crippen molar-refractivity contribution in [3.63, 3.8) is 0 Å². The van der Waals surface area contributed by atoms with Crippen molar-refractivity contribution in [2.75, 3.05) is 44.8 Å². The number of rotatable bonds is 9. The van der Waals surface area contributed by atoms with Gasteiger partial charge in [0.15, 0.2) is 0 Å². The van der Waals surface area contributed by atoms with E-state index in [1.165, 1.54) is 0 Å². The molecule has 9 heteroatoms. The Morgan fingerprint density at radius 3 is 2.91 bits per heavy atom. The van der Waals surface area contributed by atoms with Gasteiger partial charge in [0.1, 0.15) is 11.6 Å². The Morgan fingerprint density at radius 1 is 1.17 bits per heavy atom. The number of aromatic nitrogens is 3. The average Bonchev–Trinajstić information content (AvgIpc) is 3.35. The number of esters is 1. The van der Waals surface area contributed by atoms with E-state index in [2.05, 4.69) is 31.7 Å². The lowest BCUT2D eigenvalue weighted by atomic mass is 10.2. The number of anilines is 2. The van der Waals surface area contributed by atoms with E-state index < -0.39 is 5.97 Å². The number of aromatic amines is 1. The van der Waals surface area contributed by atoms with E-state index in [0.29, 0.717) is 23.7 Å². The van der Waals surface area contributed by atoms with Crippen LogP contribution in [-0.4, -0.2) is 65.3 Å². The minimum atomic E-state index is -0.625. The zero-order valence-electron chi connectivity index (χ0n) is 19.3. The average molecular weight is 474 g/mol. The van der Waals surface area contributed by atoms with Crippen LogP contribution >= 0.6 is 0 Å². The Balaban J connectivity index is 1.36. The second-order valence-corrected chi connectivity index (χ2v) is 8.22. The van der Waals surface area contributed by atoms with Crippen molar-refractivity contribution in [2.24, 2.45) is 0 Å². The quantitative estimate of drug-likeness (QED) is 0.213. The molecule has 9 nitrogen and oxygen atoms in total. The third-order valence-electron chi connectivity index (χ3n) is 5.81. The van der Waals surface area contributed by atoms with Crippen molar-refractivity contribution >= 4 is 39.3 Å². The van der Waals surface area contributed by atoms with Gasteiger partial charge in [-0.15, -0.1) is 0 Å². The highest BCUT2D eigenvalue weighted by Crippen LogP contribution is 2.30. The van der Waals surface area contributed by atoms with Gasteiger partial charge in [0, 0.05) is 60.0 Å². The van der Waals surface area contributed by atoms with Gasteiger partial charge >= 0.3 is 12.0 Å². The lowest BCUT2D eigenvalue weighted by Crippen LogP contribution is -2.37. The molecule has 0 spiro atoms. The molecular formula is C26H27N5O4. The van der Waals surface area contributed by atoms with Gasteiger partial charge in [0.2, 0.25) is 0 Å². The maximum Gasteiger partial charge on any atom is 0.337 e. The molecule has 0 amide bonds. The summed E-state index contributed by atoms with van der Waals surface area (Å²) < 4.78 is 16.6. The maximum atomic E-state index is 11.8. The van der Waals surface area contributed by atoms with Gasteiger partial charge in [-0.1, -0.05) is 6.58 Å².